The monoisotopic (exact) mass is 297 g/mol. The van der Waals surface area contributed by atoms with E-state index in [0.29, 0.717) is 11.5 Å². The maximum Gasteiger partial charge on any atom is 0.132 e. The van der Waals surface area contributed by atoms with E-state index in [9.17, 15) is 4.39 Å². The number of hydrogen-bond donors (Lipinski definition) is 0. The van der Waals surface area contributed by atoms with Gasteiger partial charge in [0.1, 0.15) is 5.82 Å². The number of aromatic nitrogens is 1. The van der Waals surface area contributed by atoms with E-state index in [1.165, 1.54) is 31.2 Å². The molecule has 0 amide bonds. The first-order chi connectivity index (χ1) is 10.7. The lowest BCUT2D eigenvalue weighted by Crippen LogP contribution is -2.11. The van der Waals surface area contributed by atoms with Gasteiger partial charge in [-0.2, -0.15) is 0 Å². The standard InChI is InChI=1S/C20H24FN/c1-3-15-6-10-18(19(21)12-15)20-11-9-17(13-22-20)16-7-4-14(2)5-8-16/h6,9-14,16H,3-5,7-8H2,1-2H3. The maximum atomic E-state index is 14.2. The number of nitrogens with zero attached hydrogens (tertiary/aromatic N) is 1. The molecule has 2 aromatic rings. The molecule has 1 aromatic heterocycles. The molecular formula is C20H24FN. The van der Waals surface area contributed by atoms with E-state index in [2.05, 4.69) is 18.0 Å². The molecule has 0 atom stereocenters. The third-order valence-corrected chi connectivity index (χ3v) is 4.99. The lowest BCUT2D eigenvalue weighted by Gasteiger charge is -2.26. The molecule has 0 radical (unpaired) electrons. The summed E-state index contributed by atoms with van der Waals surface area (Å²) in [5.74, 6) is 1.31. The Kier molecular flexibility index (Phi) is 4.56. The molecule has 0 aliphatic heterocycles. The highest BCUT2D eigenvalue weighted by atomic mass is 19.1. The zero-order chi connectivity index (χ0) is 15.5. The predicted octanol–water partition coefficient (Wildman–Crippen LogP) is 5.74. The largest absolute Gasteiger partial charge is 0.256 e. The van der Waals surface area contributed by atoms with Gasteiger partial charge in [0.2, 0.25) is 0 Å². The molecular weight excluding hydrogens is 273 g/mol. The highest BCUT2D eigenvalue weighted by molar-refractivity contribution is 5.60. The number of halogens is 1. The normalized spacial score (nSPS) is 21.8. The summed E-state index contributed by atoms with van der Waals surface area (Å²) in [7, 11) is 0. The number of hydrogen-bond acceptors (Lipinski definition) is 1. The van der Waals surface area contributed by atoms with E-state index < -0.39 is 0 Å². The van der Waals surface area contributed by atoms with Crippen LogP contribution in [0.25, 0.3) is 11.3 Å². The highest BCUT2D eigenvalue weighted by Crippen LogP contribution is 2.35. The third-order valence-electron chi connectivity index (χ3n) is 4.99. The zero-order valence-electron chi connectivity index (χ0n) is 13.5. The van der Waals surface area contributed by atoms with Gasteiger partial charge in [-0.3, -0.25) is 4.98 Å². The van der Waals surface area contributed by atoms with Crippen LogP contribution < -0.4 is 0 Å². The number of pyridine rings is 1. The quantitative estimate of drug-likeness (QED) is 0.703. The zero-order valence-corrected chi connectivity index (χ0v) is 13.5. The molecule has 1 saturated carbocycles. The van der Waals surface area contributed by atoms with Crippen molar-refractivity contribution >= 4 is 0 Å². The summed E-state index contributed by atoms with van der Waals surface area (Å²) in [6, 6.07) is 9.55. The first-order valence-electron chi connectivity index (χ1n) is 8.42. The van der Waals surface area contributed by atoms with Crippen LogP contribution in [0.5, 0.6) is 0 Å². The van der Waals surface area contributed by atoms with Gasteiger partial charge in [0.05, 0.1) is 5.69 Å². The minimum atomic E-state index is -0.175. The Morgan fingerprint density at radius 1 is 1.09 bits per heavy atom. The van der Waals surface area contributed by atoms with E-state index in [-0.39, 0.29) is 5.82 Å². The summed E-state index contributed by atoms with van der Waals surface area (Å²) in [6.07, 6.45) is 7.91. The van der Waals surface area contributed by atoms with Crippen molar-refractivity contribution in [3.8, 4) is 11.3 Å². The summed E-state index contributed by atoms with van der Waals surface area (Å²) in [6.45, 7) is 4.37. The molecule has 0 unspecified atom stereocenters. The van der Waals surface area contributed by atoms with Crippen molar-refractivity contribution in [2.24, 2.45) is 5.92 Å². The van der Waals surface area contributed by atoms with Gasteiger partial charge in [0.15, 0.2) is 0 Å². The first kappa shape index (κ1) is 15.2. The van der Waals surface area contributed by atoms with Gasteiger partial charge < -0.3 is 0 Å². The minimum Gasteiger partial charge on any atom is -0.256 e. The number of benzene rings is 1. The Morgan fingerprint density at radius 3 is 2.45 bits per heavy atom. The molecule has 2 heteroatoms. The molecule has 1 nitrogen and oxygen atoms in total. The van der Waals surface area contributed by atoms with E-state index in [4.69, 9.17) is 0 Å². The van der Waals surface area contributed by atoms with Crippen LogP contribution in [0, 0.1) is 11.7 Å². The molecule has 0 spiro atoms. The summed E-state index contributed by atoms with van der Waals surface area (Å²) < 4.78 is 14.2. The molecule has 22 heavy (non-hydrogen) atoms. The molecule has 0 bridgehead atoms. The second kappa shape index (κ2) is 6.60. The fourth-order valence-electron chi connectivity index (χ4n) is 3.39. The number of rotatable bonds is 3. The second-order valence-electron chi connectivity index (χ2n) is 6.60. The van der Waals surface area contributed by atoms with Gasteiger partial charge in [-0.15, -0.1) is 0 Å². The van der Waals surface area contributed by atoms with Gasteiger partial charge in [0.25, 0.3) is 0 Å². The predicted molar refractivity (Wildman–Crippen MR) is 89.4 cm³/mol. The van der Waals surface area contributed by atoms with Gasteiger partial charge >= 0.3 is 0 Å². The Labute approximate surface area is 132 Å². The van der Waals surface area contributed by atoms with Crippen LogP contribution in [0.4, 0.5) is 4.39 Å². The van der Waals surface area contributed by atoms with E-state index in [0.717, 1.165) is 23.6 Å². The van der Waals surface area contributed by atoms with Crippen LogP contribution in [-0.4, -0.2) is 4.98 Å². The molecule has 1 fully saturated rings. The van der Waals surface area contributed by atoms with Crippen molar-refractivity contribution in [1.29, 1.82) is 0 Å². The Hall–Kier alpha value is -1.70. The molecule has 3 rings (SSSR count). The molecule has 1 aromatic carbocycles. The van der Waals surface area contributed by atoms with Crippen LogP contribution in [-0.2, 0) is 6.42 Å². The fourth-order valence-corrected chi connectivity index (χ4v) is 3.39. The fraction of sp³-hybridized carbons (Fsp3) is 0.450. The smallest absolute Gasteiger partial charge is 0.132 e. The Morgan fingerprint density at radius 2 is 1.86 bits per heavy atom. The lowest BCUT2D eigenvalue weighted by molar-refractivity contribution is 0.347. The SMILES string of the molecule is CCc1ccc(-c2ccc(C3CCC(C)CC3)cn2)c(F)c1. The summed E-state index contributed by atoms with van der Waals surface area (Å²) in [4.78, 5) is 4.52. The lowest BCUT2D eigenvalue weighted by atomic mass is 9.80. The highest BCUT2D eigenvalue weighted by Gasteiger charge is 2.20. The summed E-state index contributed by atoms with van der Waals surface area (Å²) >= 11 is 0. The van der Waals surface area contributed by atoms with Crippen LogP contribution in [0.1, 0.15) is 56.6 Å². The van der Waals surface area contributed by atoms with Gasteiger partial charge in [-0.1, -0.05) is 38.8 Å². The van der Waals surface area contributed by atoms with E-state index in [1.54, 1.807) is 6.07 Å². The summed E-state index contributed by atoms with van der Waals surface area (Å²) in [5.41, 5.74) is 3.66. The molecule has 1 aliphatic carbocycles. The van der Waals surface area contributed by atoms with Crippen molar-refractivity contribution in [1.82, 2.24) is 4.98 Å². The molecule has 116 valence electrons. The van der Waals surface area contributed by atoms with Crippen molar-refractivity contribution in [2.45, 2.75) is 51.9 Å². The van der Waals surface area contributed by atoms with Crippen LogP contribution in [0.2, 0.25) is 0 Å². The first-order valence-corrected chi connectivity index (χ1v) is 8.42. The third kappa shape index (κ3) is 3.21. The molecule has 0 N–H and O–H groups in total. The van der Waals surface area contributed by atoms with E-state index in [1.807, 2.05) is 31.3 Å². The average molecular weight is 297 g/mol. The van der Waals surface area contributed by atoms with Crippen molar-refractivity contribution in [3.05, 3.63) is 53.5 Å². The van der Waals surface area contributed by atoms with Gasteiger partial charge in [0, 0.05) is 11.8 Å². The maximum absolute atomic E-state index is 14.2. The van der Waals surface area contributed by atoms with Gasteiger partial charge in [-0.25, -0.2) is 4.39 Å². The minimum absolute atomic E-state index is 0.175. The number of aryl methyl sites for hydroxylation is 1. The summed E-state index contributed by atoms with van der Waals surface area (Å²) in [5, 5.41) is 0. The topological polar surface area (TPSA) is 12.9 Å². The Bertz CT molecular complexity index is 625. The average Bonchev–Trinajstić information content (AvgIpc) is 2.56. The van der Waals surface area contributed by atoms with Crippen molar-refractivity contribution in [3.63, 3.8) is 0 Å². The second-order valence-corrected chi connectivity index (χ2v) is 6.60. The van der Waals surface area contributed by atoms with Crippen molar-refractivity contribution < 1.29 is 4.39 Å². The van der Waals surface area contributed by atoms with E-state index >= 15 is 0 Å². The van der Waals surface area contributed by atoms with Gasteiger partial charge in [-0.05, 0) is 60.4 Å². The van der Waals surface area contributed by atoms with Crippen LogP contribution in [0.3, 0.4) is 0 Å². The van der Waals surface area contributed by atoms with Crippen LogP contribution in [0.15, 0.2) is 36.5 Å². The Balaban J connectivity index is 1.79. The molecule has 0 saturated heterocycles. The van der Waals surface area contributed by atoms with Crippen molar-refractivity contribution in [2.75, 3.05) is 0 Å². The molecule has 1 heterocycles. The van der Waals surface area contributed by atoms with Crippen LogP contribution >= 0.6 is 0 Å². The molecule has 1 aliphatic rings.